The zero-order chi connectivity index (χ0) is 26.1. The molecule has 192 valence electrons. The highest BCUT2D eigenvalue weighted by molar-refractivity contribution is 7.90. The second kappa shape index (κ2) is 10.4. The van der Waals surface area contributed by atoms with Crippen molar-refractivity contribution in [1.29, 1.82) is 0 Å². The predicted octanol–water partition coefficient (Wildman–Crippen LogP) is 3.25. The molecule has 0 saturated heterocycles. The monoisotopic (exact) mass is 520 g/mol. The molecule has 1 aliphatic rings. The van der Waals surface area contributed by atoms with Crippen LogP contribution in [-0.4, -0.2) is 52.4 Å². The van der Waals surface area contributed by atoms with Gasteiger partial charge in [0.05, 0.1) is 19.0 Å². The lowest BCUT2D eigenvalue weighted by atomic mass is 10.1. The third-order valence-corrected chi connectivity index (χ3v) is 7.27. The Morgan fingerprint density at radius 3 is 2.65 bits per heavy atom. The van der Waals surface area contributed by atoms with Crippen molar-refractivity contribution in [3.63, 3.8) is 0 Å². The Morgan fingerprint density at radius 2 is 2.00 bits per heavy atom. The van der Waals surface area contributed by atoms with Gasteiger partial charge in [-0.2, -0.15) is 0 Å². The van der Waals surface area contributed by atoms with Crippen molar-refractivity contribution in [2.45, 2.75) is 56.6 Å². The Bertz CT molecular complexity index is 1490. The highest BCUT2D eigenvalue weighted by Gasteiger charge is 2.31. The molecule has 12 heteroatoms. The molecule has 4 aromatic rings. The molecule has 4 heterocycles. The smallest absolute Gasteiger partial charge is 0.295 e. The molecule has 2 atom stereocenters. The Morgan fingerprint density at radius 1 is 1.19 bits per heavy atom. The summed E-state index contributed by atoms with van der Waals surface area (Å²) < 4.78 is 18.8. The standard InChI is InChI=1S/C25H28N8O3S/c1-5-14(2)33-23-17(31-22(25(33)34)27-11-15-6-9-18(26-10-15)37(4)35)12-28-21(32-23)19-20(16-7-8-16)29-13-30-24(19)36-3/h6,9-10,12-14,16H,5,7-8,11H2,1-4H3,(H,27,31). The van der Waals surface area contributed by atoms with Crippen LogP contribution < -0.4 is 15.6 Å². The normalized spacial score (nSPS) is 14.9. The van der Waals surface area contributed by atoms with E-state index in [0.717, 1.165) is 30.5 Å². The van der Waals surface area contributed by atoms with Crippen LogP contribution in [0.25, 0.3) is 22.6 Å². The Kier molecular flexibility index (Phi) is 7.02. The quantitative estimate of drug-likeness (QED) is 0.327. The molecular weight excluding hydrogens is 492 g/mol. The fourth-order valence-electron chi connectivity index (χ4n) is 4.11. The molecule has 1 aliphatic carbocycles. The highest BCUT2D eigenvalue weighted by Crippen LogP contribution is 2.44. The van der Waals surface area contributed by atoms with E-state index in [4.69, 9.17) is 9.72 Å². The molecule has 0 aliphatic heterocycles. The largest absolute Gasteiger partial charge is 0.610 e. The predicted molar refractivity (Wildman–Crippen MR) is 140 cm³/mol. The van der Waals surface area contributed by atoms with Gasteiger partial charge in [-0.25, -0.2) is 29.9 Å². The fourth-order valence-corrected chi connectivity index (χ4v) is 4.57. The number of ether oxygens (including phenoxy) is 1. The summed E-state index contributed by atoms with van der Waals surface area (Å²) in [7, 11) is 1.56. The van der Waals surface area contributed by atoms with E-state index in [9.17, 15) is 9.35 Å². The van der Waals surface area contributed by atoms with E-state index >= 15 is 0 Å². The number of nitrogens with one attached hydrogen (secondary N) is 1. The summed E-state index contributed by atoms with van der Waals surface area (Å²) in [4.78, 5) is 40.5. The number of anilines is 1. The summed E-state index contributed by atoms with van der Waals surface area (Å²) in [5.74, 6) is 1.34. The van der Waals surface area contributed by atoms with Crippen LogP contribution in [0.1, 0.15) is 56.3 Å². The van der Waals surface area contributed by atoms with Crippen LogP contribution in [-0.2, 0) is 17.7 Å². The maximum atomic E-state index is 13.6. The number of nitrogens with zero attached hydrogens (tertiary/aromatic N) is 7. The van der Waals surface area contributed by atoms with E-state index in [0.29, 0.717) is 45.9 Å². The maximum absolute atomic E-state index is 13.6. The van der Waals surface area contributed by atoms with Gasteiger partial charge in [-0.3, -0.25) is 9.36 Å². The molecule has 5 rings (SSSR count). The molecule has 0 spiro atoms. The fraction of sp³-hybridized carbons (Fsp3) is 0.400. The van der Waals surface area contributed by atoms with Gasteiger partial charge in [-0.15, -0.1) is 0 Å². The molecular formula is C25H28N8O3S. The molecule has 0 radical (unpaired) electrons. The zero-order valence-electron chi connectivity index (χ0n) is 21.1. The SMILES string of the molecule is CCC(C)n1c(=O)c(NCc2ccc([S+](C)[O-])nc2)nc2cnc(-c3c(OC)ncnc3C3CC3)nc21. The van der Waals surface area contributed by atoms with Crippen molar-refractivity contribution in [2.75, 3.05) is 18.7 Å². The van der Waals surface area contributed by atoms with Crippen LogP contribution in [0.2, 0.25) is 0 Å². The third kappa shape index (κ3) is 4.98. The van der Waals surface area contributed by atoms with Crippen molar-refractivity contribution in [3.05, 3.63) is 52.5 Å². The second-order valence-corrected chi connectivity index (χ2v) is 10.4. The van der Waals surface area contributed by atoms with Crippen LogP contribution in [0.5, 0.6) is 5.88 Å². The first-order valence-electron chi connectivity index (χ1n) is 12.1. The van der Waals surface area contributed by atoms with Gasteiger partial charge in [0.1, 0.15) is 23.7 Å². The number of hydrogen-bond donors (Lipinski definition) is 1. The van der Waals surface area contributed by atoms with E-state index in [2.05, 4.69) is 30.2 Å². The summed E-state index contributed by atoms with van der Waals surface area (Å²) in [6.45, 7) is 4.32. The van der Waals surface area contributed by atoms with Gasteiger partial charge >= 0.3 is 0 Å². The van der Waals surface area contributed by atoms with E-state index in [-0.39, 0.29) is 17.4 Å². The minimum atomic E-state index is -1.15. The molecule has 4 aromatic heterocycles. The Hall–Kier alpha value is -3.64. The minimum absolute atomic E-state index is 0.126. The summed E-state index contributed by atoms with van der Waals surface area (Å²) in [6.07, 6.45) is 9.15. The summed E-state index contributed by atoms with van der Waals surface area (Å²) in [5, 5.41) is 3.64. The average Bonchev–Trinajstić information content (AvgIpc) is 3.76. The molecule has 1 fully saturated rings. The van der Waals surface area contributed by atoms with Gasteiger partial charge in [-0.05, 0) is 37.8 Å². The van der Waals surface area contributed by atoms with Crippen LogP contribution in [0.15, 0.2) is 40.7 Å². The van der Waals surface area contributed by atoms with E-state index in [1.807, 2.05) is 19.9 Å². The molecule has 1 saturated carbocycles. The number of rotatable bonds is 9. The molecule has 37 heavy (non-hydrogen) atoms. The summed E-state index contributed by atoms with van der Waals surface area (Å²) in [5.41, 5.74) is 3.01. The van der Waals surface area contributed by atoms with Crippen LogP contribution in [0, 0.1) is 0 Å². The lowest BCUT2D eigenvalue weighted by molar-refractivity contribution is 0.397. The lowest BCUT2D eigenvalue weighted by Gasteiger charge is -2.18. The summed E-state index contributed by atoms with van der Waals surface area (Å²) >= 11 is -1.15. The summed E-state index contributed by atoms with van der Waals surface area (Å²) in [6, 6.07) is 3.41. The van der Waals surface area contributed by atoms with Crippen LogP contribution in [0.3, 0.4) is 0 Å². The number of pyridine rings is 1. The van der Waals surface area contributed by atoms with Gasteiger partial charge in [0.2, 0.25) is 10.9 Å². The van der Waals surface area contributed by atoms with Crippen molar-refractivity contribution in [3.8, 4) is 17.3 Å². The Labute approximate surface area is 217 Å². The first kappa shape index (κ1) is 25.0. The first-order chi connectivity index (χ1) is 17.9. The third-order valence-electron chi connectivity index (χ3n) is 6.44. The van der Waals surface area contributed by atoms with Gasteiger partial charge in [0.25, 0.3) is 5.56 Å². The van der Waals surface area contributed by atoms with Crippen LogP contribution >= 0.6 is 0 Å². The number of fused-ring (bicyclic) bond motifs is 1. The number of hydrogen-bond acceptors (Lipinski definition) is 10. The zero-order valence-corrected chi connectivity index (χ0v) is 21.9. The van der Waals surface area contributed by atoms with E-state index in [1.54, 1.807) is 36.4 Å². The minimum Gasteiger partial charge on any atom is -0.610 e. The van der Waals surface area contributed by atoms with Crippen molar-refractivity contribution >= 4 is 28.2 Å². The highest BCUT2D eigenvalue weighted by atomic mass is 32.2. The van der Waals surface area contributed by atoms with Gasteiger partial charge in [0.15, 0.2) is 17.3 Å². The van der Waals surface area contributed by atoms with Crippen molar-refractivity contribution in [2.24, 2.45) is 0 Å². The first-order valence-corrected chi connectivity index (χ1v) is 13.7. The molecule has 11 nitrogen and oxygen atoms in total. The Balaban J connectivity index is 1.56. The molecule has 0 amide bonds. The molecule has 2 unspecified atom stereocenters. The number of methoxy groups -OCH3 is 1. The van der Waals surface area contributed by atoms with Crippen molar-refractivity contribution in [1.82, 2.24) is 34.5 Å². The number of aromatic nitrogens is 7. The molecule has 0 aromatic carbocycles. The topological polar surface area (TPSA) is 144 Å². The molecule has 0 bridgehead atoms. The van der Waals surface area contributed by atoms with Crippen molar-refractivity contribution < 1.29 is 9.29 Å². The van der Waals surface area contributed by atoms with Gasteiger partial charge in [-0.1, -0.05) is 6.92 Å². The lowest BCUT2D eigenvalue weighted by Crippen LogP contribution is -2.28. The van der Waals surface area contributed by atoms with E-state index in [1.165, 1.54) is 6.33 Å². The van der Waals surface area contributed by atoms with Crippen LogP contribution in [0.4, 0.5) is 5.82 Å². The maximum Gasteiger partial charge on any atom is 0.295 e. The average molecular weight is 521 g/mol. The second-order valence-electron chi connectivity index (χ2n) is 9.03. The van der Waals surface area contributed by atoms with Gasteiger partial charge < -0.3 is 14.6 Å². The van der Waals surface area contributed by atoms with Gasteiger partial charge in [0, 0.05) is 41.9 Å². The molecule has 1 N–H and O–H groups in total. The van der Waals surface area contributed by atoms with E-state index < -0.39 is 11.2 Å².